The molecular formula is C20H22O3. The van der Waals surface area contributed by atoms with Crippen LogP contribution in [0.3, 0.4) is 0 Å². The summed E-state index contributed by atoms with van der Waals surface area (Å²) in [7, 11) is 0. The minimum atomic E-state index is -0.693. The highest BCUT2D eigenvalue weighted by molar-refractivity contribution is 5.70. The van der Waals surface area contributed by atoms with Gasteiger partial charge in [0.1, 0.15) is 12.4 Å². The van der Waals surface area contributed by atoms with Gasteiger partial charge < -0.3 is 9.84 Å². The predicted octanol–water partition coefficient (Wildman–Crippen LogP) is 4.09. The molecule has 0 amide bonds. The molecule has 1 N–H and O–H groups in total. The normalized spacial score (nSPS) is 18.0. The van der Waals surface area contributed by atoms with Crippen molar-refractivity contribution in [3.05, 3.63) is 65.2 Å². The summed E-state index contributed by atoms with van der Waals surface area (Å²) in [5.74, 6) is 0.145. The van der Waals surface area contributed by atoms with Crippen molar-refractivity contribution in [2.45, 2.75) is 32.8 Å². The first-order chi connectivity index (χ1) is 11.1. The average molecular weight is 310 g/mol. The summed E-state index contributed by atoms with van der Waals surface area (Å²) in [6.07, 6.45) is 2.71. The van der Waals surface area contributed by atoms with Gasteiger partial charge in [-0.2, -0.15) is 0 Å². The van der Waals surface area contributed by atoms with Gasteiger partial charge >= 0.3 is 5.97 Å². The molecule has 23 heavy (non-hydrogen) atoms. The van der Waals surface area contributed by atoms with Gasteiger partial charge in [-0.1, -0.05) is 43.3 Å². The minimum absolute atomic E-state index is 0.232. The van der Waals surface area contributed by atoms with E-state index < -0.39 is 5.97 Å². The molecule has 0 aromatic heterocycles. The van der Waals surface area contributed by atoms with E-state index in [1.54, 1.807) is 0 Å². The molecule has 2 aromatic rings. The van der Waals surface area contributed by atoms with Gasteiger partial charge in [0.25, 0.3) is 0 Å². The van der Waals surface area contributed by atoms with Crippen LogP contribution in [0, 0.1) is 11.8 Å². The number of aryl methyl sites for hydroxylation is 1. The molecule has 1 unspecified atom stereocenters. The Balaban J connectivity index is 1.66. The molecule has 0 radical (unpaired) electrons. The summed E-state index contributed by atoms with van der Waals surface area (Å²) < 4.78 is 5.88. The Morgan fingerprint density at radius 2 is 2.00 bits per heavy atom. The van der Waals surface area contributed by atoms with E-state index in [-0.39, 0.29) is 11.8 Å². The molecule has 0 saturated heterocycles. The third kappa shape index (κ3) is 3.73. The molecule has 3 nitrogen and oxygen atoms in total. The summed E-state index contributed by atoms with van der Waals surface area (Å²) in [5, 5.41) is 9.18. The van der Waals surface area contributed by atoms with Gasteiger partial charge in [-0.25, -0.2) is 0 Å². The maximum absolute atomic E-state index is 11.2. The lowest BCUT2D eigenvalue weighted by atomic mass is 9.77. The predicted molar refractivity (Wildman–Crippen MR) is 89.5 cm³/mol. The van der Waals surface area contributed by atoms with E-state index in [2.05, 4.69) is 24.3 Å². The third-order valence-corrected chi connectivity index (χ3v) is 4.79. The molecule has 0 fully saturated rings. The molecule has 0 aliphatic heterocycles. The standard InChI is InChI=1S/C20H22O3/c1-14(20(21)22)16-7-8-18-12-19(10-9-17(18)11-16)23-13-15-5-3-2-4-6-15/h2-6,9-10,12,14,16H,7-8,11,13H2,1H3,(H,21,22)/t14-,16?/m0/s1. The van der Waals surface area contributed by atoms with Crippen molar-refractivity contribution in [1.82, 2.24) is 0 Å². The van der Waals surface area contributed by atoms with Crippen molar-refractivity contribution in [2.24, 2.45) is 11.8 Å². The molecular weight excluding hydrogens is 288 g/mol. The van der Waals surface area contributed by atoms with Gasteiger partial charge in [0, 0.05) is 0 Å². The number of fused-ring (bicyclic) bond motifs is 1. The van der Waals surface area contributed by atoms with Gasteiger partial charge in [0.05, 0.1) is 5.92 Å². The molecule has 0 spiro atoms. The van der Waals surface area contributed by atoms with Crippen LogP contribution in [0.15, 0.2) is 48.5 Å². The number of hydrogen-bond donors (Lipinski definition) is 1. The molecule has 2 atom stereocenters. The SMILES string of the molecule is C[C@H](C(=O)O)C1CCc2cc(OCc3ccccc3)ccc2C1. The van der Waals surface area contributed by atoms with Crippen LogP contribution in [0.2, 0.25) is 0 Å². The summed E-state index contributed by atoms with van der Waals surface area (Å²) >= 11 is 0. The molecule has 0 heterocycles. The van der Waals surface area contributed by atoms with Crippen LogP contribution in [-0.4, -0.2) is 11.1 Å². The summed E-state index contributed by atoms with van der Waals surface area (Å²) in [4.78, 5) is 11.2. The van der Waals surface area contributed by atoms with Crippen molar-refractivity contribution in [1.29, 1.82) is 0 Å². The lowest BCUT2D eigenvalue weighted by Crippen LogP contribution is -2.26. The number of carbonyl (C=O) groups is 1. The topological polar surface area (TPSA) is 46.5 Å². The zero-order valence-electron chi connectivity index (χ0n) is 13.4. The second kappa shape index (κ2) is 6.86. The number of aliphatic carboxylic acids is 1. The fourth-order valence-corrected chi connectivity index (χ4v) is 3.22. The Kier molecular flexibility index (Phi) is 4.65. The lowest BCUT2D eigenvalue weighted by molar-refractivity contribution is -0.143. The monoisotopic (exact) mass is 310 g/mol. The second-order valence-electron chi connectivity index (χ2n) is 6.33. The number of ether oxygens (including phenoxy) is 1. The zero-order valence-corrected chi connectivity index (χ0v) is 13.4. The Bertz CT molecular complexity index is 679. The summed E-state index contributed by atoms with van der Waals surface area (Å²) in [5.41, 5.74) is 3.71. The van der Waals surface area contributed by atoms with Crippen LogP contribution >= 0.6 is 0 Å². The molecule has 2 aromatic carbocycles. The fraction of sp³-hybridized carbons (Fsp3) is 0.350. The summed E-state index contributed by atoms with van der Waals surface area (Å²) in [6, 6.07) is 16.3. The highest BCUT2D eigenvalue weighted by Crippen LogP contribution is 2.32. The van der Waals surface area contributed by atoms with Crippen molar-refractivity contribution < 1.29 is 14.6 Å². The second-order valence-corrected chi connectivity index (χ2v) is 6.33. The van der Waals surface area contributed by atoms with Gasteiger partial charge in [-0.05, 0) is 54.0 Å². The van der Waals surface area contributed by atoms with Crippen molar-refractivity contribution >= 4 is 5.97 Å². The van der Waals surface area contributed by atoms with Crippen LogP contribution in [0.1, 0.15) is 30.0 Å². The first kappa shape index (κ1) is 15.6. The van der Waals surface area contributed by atoms with Gasteiger partial charge in [0.15, 0.2) is 0 Å². The first-order valence-corrected chi connectivity index (χ1v) is 8.15. The van der Waals surface area contributed by atoms with Gasteiger partial charge in [-0.15, -0.1) is 0 Å². The smallest absolute Gasteiger partial charge is 0.306 e. The molecule has 3 heteroatoms. The quantitative estimate of drug-likeness (QED) is 0.904. The Labute approximate surface area is 136 Å². The van der Waals surface area contributed by atoms with Crippen molar-refractivity contribution in [2.75, 3.05) is 0 Å². The van der Waals surface area contributed by atoms with E-state index in [1.165, 1.54) is 11.1 Å². The number of benzene rings is 2. The maximum Gasteiger partial charge on any atom is 0.306 e. The van der Waals surface area contributed by atoms with Crippen molar-refractivity contribution in [3.8, 4) is 5.75 Å². The molecule has 120 valence electrons. The zero-order chi connectivity index (χ0) is 16.2. The molecule has 0 bridgehead atoms. The van der Waals surface area contributed by atoms with Gasteiger partial charge in [-0.3, -0.25) is 4.79 Å². The van der Waals surface area contributed by atoms with Crippen LogP contribution in [0.4, 0.5) is 0 Å². The van der Waals surface area contributed by atoms with Gasteiger partial charge in [0.2, 0.25) is 0 Å². The molecule has 3 rings (SSSR count). The van der Waals surface area contributed by atoms with E-state index in [1.807, 2.05) is 31.2 Å². The van der Waals surface area contributed by atoms with E-state index in [0.29, 0.717) is 6.61 Å². The fourth-order valence-electron chi connectivity index (χ4n) is 3.22. The number of hydrogen-bond acceptors (Lipinski definition) is 2. The number of rotatable bonds is 5. The largest absolute Gasteiger partial charge is 0.489 e. The molecule has 1 aliphatic rings. The van der Waals surface area contributed by atoms with Crippen molar-refractivity contribution in [3.63, 3.8) is 0 Å². The van der Waals surface area contributed by atoms with E-state index in [0.717, 1.165) is 30.6 Å². The number of carboxylic acids is 1. The highest BCUT2D eigenvalue weighted by Gasteiger charge is 2.27. The van der Waals surface area contributed by atoms with E-state index in [4.69, 9.17) is 4.74 Å². The van der Waals surface area contributed by atoms with Crippen LogP contribution in [-0.2, 0) is 24.2 Å². The lowest BCUT2D eigenvalue weighted by Gasteiger charge is -2.27. The van der Waals surface area contributed by atoms with Crippen LogP contribution in [0.25, 0.3) is 0 Å². The Morgan fingerprint density at radius 1 is 1.22 bits per heavy atom. The van der Waals surface area contributed by atoms with E-state index >= 15 is 0 Å². The Morgan fingerprint density at radius 3 is 2.74 bits per heavy atom. The third-order valence-electron chi connectivity index (χ3n) is 4.79. The van der Waals surface area contributed by atoms with E-state index in [9.17, 15) is 9.90 Å². The van der Waals surface area contributed by atoms with Crippen LogP contribution in [0.5, 0.6) is 5.75 Å². The molecule has 0 saturated carbocycles. The first-order valence-electron chi connectivity index (χ1n) is 8.15. The minimum Gasteiger partial charge on any atom is -0.489 e. The number of carboxylic acid groups (broad SMARTS) is 1. The van der Waals surface area contributed by atoms with Crippen LogP contribution < -0.4 is 4.74 Å². The summed E-state index contributed by atoms with van der Waals surface area (Å²) in [6.45, 7) is 2.38. The maximum atomic E-state index is 11.2. The Hall–Kier alpha value is -2.29. The highest BCUT2D eigenvalue weighted by atomic mass is 16.5. The average Bonchev–Trinajstić information content (AvgIpc) is 2.59. The molecule has 1 aliphatic carbocycles.